The van der Waals surface area contributed by atoms with Crippen LogP contribution in [-0.4, -0.2) is 37.2 Å². The van der Waals surface area contributed by atoms with Crippen LogP contribution in [0.25, 0.3) is 0 Å². The van der Waals surface area contributed by atoms with Gasteiger partial charge < -0.3 is 10.6 Å². The third kappa shape index (κ3) is 3.23. The highest BCUT2D eigenvalue weighted by atomic mass is 16.2. The molecule has 0 fully saturated rings. The second-order valence-electron chi connectivity index (χ2n) is 3.31. The van der Waals surface area contributed by atoms with Crippen LogP contribution in [0.1, 0.15) is 20.3 Å². The molecular formula is C9H17N5O. The van der Waals surface area contributed by atoms with E-state index in [1.54, 1.807) is 7.05 Å². The first kappa shape index (κ1) is 11.5. The molecule has 0 aliphatic carbocycles. The molecule has 0 aromatic rings. The lowest BCUT2D eigenvalue weighted by molar-refractivity contribution is -0.115. The molecule has 0 saturated heterocycles. The highest BCUT2D eigenvalue weighted by molar-refractivity contribution is 6.37. The Kier molecular flexibility index (Phi) is 4.08. The molecule has 1 amide bonds. The number of carbonyl (C=O) groups excluding carboxylic acids is 1. The monoisotopic (exact) mass is 211 g/mol. The number of hydrazone groups is 1. The lowest BCUT2D eigenvalue weighted by Crippen LogP contribution is -2.48. The van der Waals surface area contributed by atoms with Crippen LogP contribution < -0.4 is 16.1 Å². The summed E-state index contributed by atoms with van der Waals surface area (Å²) < 4.78 is 0. The van der Waals surface area contributed by atoms with Crippen molar-refractivity contribution < 1.29 is 4.79 Å². The maximum Gasteiger partial charge on any atom is 0.286 e. The van der Waals surface area contributed by atoms with Gasteiger partial charge in [-0.3, -0.25) is 15.2 Å². The van der Waals surface area contributed by atoms with Crippen molar-refractivity contribution in [2.75, 3.05) is 13.6 Å². The minimum Gasteiger partial charge on any atom is -0.350 e. The second-order valence-corrected chi connectivity index (χ2v) is 3.31. The van der Waals surface area contributed by atoms with Crippen LogP contribution >= 0.6 is 0 Å². The number of amidine groups is 1. The van der Waals surface area contributed by atoms with E-state index in [0.29, 0.717) is 12.4 Å². The Morgan fingerprint density at radius 3 is 2.93 bits per heavy atom. The lowest BCUT2D eigenvalue weighted by Gasteiger charge is -2.14. The summed E-state index contributed by atoms with van der Waals surface area (Å²) in [5.74, 6) is 0.144. The molecule has 1 unspecified atom stereocenters. The Balaban J connectivity index is 2.45. The molecule has 1 aliphatic heterocycles. The van der Waals surface area contributed by atoms with Crippen molar-refractivity contribution in [3.05, 3.63) is 0 Å². The van der Waals surface area contributed by atoms with Gasteiger partial charge in [0.25, 0.3) is 5.91 Å². The average Bonchev–Trinajstić information content (AvgIpc) is 2.61. The van der Waals surface area contributed by atoms with Crippen molar-refractivity contribution in [1.29, 1.82) is 0 Å². The van der Waals surface area contributed by atoms with E-state index in [0.717, 1.165) is 12.1 Å². The van der Waals surface area contributed by atoms with Crippen molar-refractivity contribution in [2.24, 2.45) is 10.1 Å². The molecule has 3 N–H and O–H groups in total. The number of likely N-dealkylation sites (N-methyl/N-ethyl adjacent to an activating group) is 1. The maximum atomic E-state index is 11.5. The Hall–Kier alpha value is -1.59. The molecule has 1 aliphatic rings. The molecule has 6 heteroatoms. The van der Waals surface area contributed by atoms with E-state index in [9.17, 15) is 4.79 Å². The summed E-state index contributed by atoms with van der Waals surface area (Å²) in [6.45, 7) is 4.39. The van der Waals surface area contributed by atoms with E-state index in [1.165, 1.54) is 0 Å². The summed E-state index contributed by atoms with van der Waals surface area (Å²) in [5, 5.41) is 9.70. The number of hydrogen-bond donors (Lipinski definition) is 3. The van der Waals surface area contributed by atoms with Gasteiger partial charge in [-0.25, -0.2) is 0 Å². The fourth-order valence-electron chi connectivity index (χ4n) is 1.30. The predicted molar refractivity (Wildman–Crippen MR) is 59.8 cm³/mol. The molecule has 0 aromatic carbocycles. The molecule has 0 aromatic heterocycles. The highest BCUT2D eigenvalue weighted by Crippen LogP contribution is 1.99. The van der Waals surface area contributed by atoms with Gasteiger partial charge in [-0.15, -0.1) is 0 Å². The standard InChI is InChI=1S/C9H17N5O/c1-4-11-9(15)8(10-3)12-7-5-6(2)13-14-7/h7,14H,4-5H2,1-3H3,(H,10,12)(H,11,15). The van der Waals surface area contributed by atoms with Gasteiger partial charge in [-0.05, 0) is 13.8 Å². The third-order valence-electron chi connectivity index (χ3n) is 2.00. The highest BCUT2D eigenvalue weighted by Gasteiger charge is 2.19. The van der Waals surface area contributed by atoms with Crippen molar-refractivity contribution in [2.45, 2.75) is 26.4 Å². The molecule has 84 valence electrons. The Labute approximate surface area is 89.2 Å². The molecule has 15 heavy (non-hydrogen) atoms. The number of nitrogens with zero attached hydrogens (tertiary/aromatic N) is 2. The van der Waals surface area contributed by atoms with Gasteiger partial charge in [-0.1, -0.05) is 0 Å². The van der Waals surface area contributed by atoms with Crippen LogP contribution in [0.2, 0.25) is 0 Å². The zero-order valence-corrected chi connectivity index (χ0v) is 9.29. The van der Waals surface area contributed by atoms with E-state index in [-0.39, 0.29) is 12.1 Å². The first-order valence-electron chi connectivity index (χ1n) is 4.97. The van der Waals surface area contributed by atoms with E-state index in [4.69, 9.17) is 0 Å². The van der Waals surface area contributed by atoms with Crippen molar-refractivity contribution in [3.63, 3.8) is 0 Å². The summed E-state index contributed by atoms with van der Waals surface area (Å²) in [6.07, 6.45) is 0.740. The third-order valence-corrected chi connectivity index (χ3v) is 2.00. The fourth-order valence-corrected chi connectivity index (χ4v) is 1.30. The van der Waals surface area contributed by atoms with Gasteiger partial charge in [0, 0.05) is 25.7 Å². The topological polar surface area (TPSA) is 77.9 Å². The normalized spacial score (nSPS) is 20.6. The van der Waals surface area contributed by atoms with Crippen LogP contribution in [0.15, 0.2) is 10.1 Å². The summed E-state index contributed by atoms with van der Waals surface area (Å²) in [5.41, 5.74) is 3.90. The van der Waals surface area contributed by atoms with E-state index in [1.807, 2.05) is 13.8 Å². The van der Waals surface area contributed by atoms with Crippen LogP contribution in [0, 0.1) is 0 Å². The first-order valence-corrected chi connectivity index (χ1v) is 4.97. The second kappa shape index (κ2) is 5.33. The predicted octanol–water partition coefficient (Wildman–Crippen LogP) is -0.564. The smallest absolute Gasteiger partial charge is 0.286 e. The number of carbonyl (C=O) groups is 1. The molecule has 1 atom stereocenters. The molecule has 1 heterocycles. The molecule has 0 spiro atoms. The summed E-state index contributed by atoms with van der Waals surface area (Å²) in [7, 11) is 1.58. The summed E-state index contributed by atoms with van der Waals surface area (Å²) in [4.78, 5) is 15.4. The Morgan fingerprint density at radius 2 is 2.47 bits per heavy atom. The zero-order valence-electron chi connectivity index (χ0n) is 9.29. The minimum atomic E-state index is -0.189. The van der Waals surface area contributed by atoms with Crippen molar-refractivity contribution >= 4 is 17.5 Å². The van der Waals surface area contributed by atoms with Crippen LogP contribution in [-0.2, 0) is 4.79 Å². The van der Waals surface area contributed by atoms with Crippen LogP contribution in [0.5, 0.6) is 0 Å². The number of amides is 1. The molecule has 1 rings (SSSR count). The molecule has 0 saturated carbocycles. The number of rotatable bonds is 2. The summed E-state index contributed by atoms with van der Waals surface area (Å²) >= 11 is 0. The SMILES string of the molecule is CCNC(=O)C(=NC)NC1CC(C)=NN1. The van der Waals surface area contributed by atoms with Gasteiger partial charge in [0.05, 0.1) is 0 Å². The van der Waals surface area contributed by atoms with Gasteiger partial charge in [0.1, 0.15) is 6.17 Å². The molecule has 6 nitrogen and oxygen atoms in total. The van der Waals surface area contributed by atoms with E-state index < -0.39 is 0 Å². The number of nitrogens with one attached hydrogen (secondary N) is 3. The Morgan fingerprint density at radius 1 is 1.73 bits per heavy atom. The maximum absolute atomic E-state index is 11.5. The number of hydrogen-bond acceptors (Lipinski definition) is 4. The van der Waals surface area contributed by atoms with Gasteiger partial charge in [0.15, 0.2) is 5.84 Å². The van der Waals surface area contributed by atoms with Crippen molar-refractivity contribution in [1.82, 2.24) is 16.1 Å². The summed E-state index contributed by atoms with van der Waals surface area (Å²) in [6, 6.07) is 0. The minimum absolute atomic E-state index is 0.0358. The molecule has 0 radical (unpaired) electrons. The quantitative estimate of drug-likeness (QED) is 0.423. The van der Waals surface area contributed by atoms with Gasteiger partial charge >= 0.3 is 0 Å². The number of aliphatic imine (C=N–C) groups is 1. The van der Waals surface area contributed by atoms with E-state index >= 15 is 0 Å². The zero-order chi connectivity index (χ0) is 11.3. The first-order chi connectivity index (χ1) is 7.17. The lowest BCUT2D eigenvalue weighted by atomic mass is 10.2. The van der Waals surface area contributed by atoms with E-state index in [2.05, 4.69) is 26.2 Å². The largest absolute Gasteiger partial charge is 0.350 e. The van der Waals surface area contributed by atoms with Crippen LogP contribution in [0.3, 0.4) is 0 Å². The Bertz CT molecular complexity index is 297. The fraction of sp³-hybridized carbons (Fsp3) is 0.667. The molecule has 0 bridgehead atoms. The van der Waals surface area contributed by atoms with Gasteiger partial charge in [0.2, 0.25) is 0 Å². The van der Waals surface area contributed by atoms with Crippen LogP contribution in [0.4, 0.5) is 0 Å². The van der Waals surface area contributed by atoms with Gasteiger partial charge in [-0.2, -0.15) is 5.10 Å². The molecular weight excluding hydrogens is 194 g/mol. The van der Waals surface area contributed by atoms with Crippen molar-refractivity contribution in [3.8, 4) is 0 Å². The average molecular weight is 211 g/mol.